The lowest BCUT2D eigenvalue weighted by atomic mass is 9.99. The van der Waals surface area contributed by atoms with Crippen LogP contribution in [-0.2, 0) is 0 Å². The van der Waals surface area contributed by atoms with Gasteiger partial charge in [-0.3, -0.25) is 4.79 Å². The van der Waals surface area contributed by atoms with Crippen molar-refractivity contribution in [3.8, 4) is 11.1 Å². The average Bonchev–Trinajstić information content (AvgIpc) is 2.84. The monoisotopic (exact) mass is 277 g/mol. The third-order valence-electron chi connectivity index (χ3n) is 3.97. The molecule has 0 saturated heterocycles. The normalized spacial score (nSPS) is 11.2. The maximum atomic E-state index is 11.5. The third-order valence-corrected chi connectivity index (χ3v) is 3.97. The number of benzene rings is 1. The van der Waals surface area contributed by atoms with Crippen LogP contribution in [0.25, 0.3) is 16.6 Å². The molecule has 21 heavy (non-hydrogen) atoms. The Bertz CT molecular complexity index is 794. The number of hydrogen-bond acceptors (Lipinski definition) is 1. The molecule has 0 N–H and O–H groups in total. The molecule has 0 amide bonds. The first-order chi connectivity index (χ1) is 10.1. The van der Waals surface area contributed by atoms with E-state index >= 15 is 0 Å². The van der Waals surface area contributed by atoms with Gasteiger partial charge in [-0.1, -0.05) is 38.1 Å². The molecule has 1 aromatic carbocycles. The number of rotatable bonds is 3. The first-order valence-corrected chi connectivity index (χ1v) is 7.27. The average molecular weight is 277 g/mol. The Morgan fingerprint density at radius 1 is 1.05 bits per heavy atom. The van der Waals surface area contributed by atoms with Crippen LogP contribution in [0.3, 0.4) is 0 Å². The number of aldehydes is 1. The fourth-order valence-electron chi connectivity index (χ4n) is 2.71. The molecule has 0 saturated carbocycles. The topological polar surface area (TPSA) is 21.5 Å². The van der Waals surface area contributed by atoms with E-state index in [-0.39, 0.29) is 0 Å². The Morgan fingerprint density at radius 3 is 2.38 bits per heavy atom. The zero-order valence-corrected chi connectivity index (χ0v) is 12.6. The van der Waals surface area contributed by atoms with Crippen LogP contribution in [0.15, 0.2) is 48.7 Å². The summed E-state index contributed by atoms with van der Waals surface area (Å²) < 4.78 is 1.95. The van der Waals surface area contributed by atoms with E-state index in [1.54, 1.807) is 0 Å². The van der Waals surface area contributed by atoms with Gasteiger partial charge in [0, 0.05) is 17.3 Å². The zero-order valence-electron chi connectivity index (χ0n) is 12.6. The Labute approximate surface area is 125 Å². The molecular formula is C19H19NO. The molecule has 0 fully saturated rings. The first kappa shape index (κ1) is 13.6. The lowest BCUT2D eigenvalue weighted by molar-refractivity contribution is 0.111. The van der Waals surface area contributed by atoms with Crippen molar-refractivity contribution < 1.29 is 4.79 Å². The van der Waals surface area contributed by atoms with E-state index < -0.39 is 0 Å². The van der Waals surface area contributed by atoms with E-state index in [1.807, 2.05) is 16.7 Å². The first-order valence-electron chi connectivity index (χ1n) is 7.27. The Morgan fingerprint density at radius 2 is 1.76 bits per heavy atom. The molecule has 0 radical (unpaired) electrons. The van der Waals surface area contributed by atoms with Crippen molar-refractivity contribution in [2.45, 2.75) is 26.7 Å². The number of hydrogen-bond donors (Lipinski definition) is 0. The predicted molar refractivity (Wildman–Crippen MR) is 87.0 cm³/mol. The van der Waals surface area contributed by atoms with Gasteiger partial charge in [-0.05, 0) is 47.7 Å². The molecule has 0 spiro atoms. The van der Waals surface area contributed by atoms with Crippen molar-refractivity contribution in [3.05, 3.63) is 65.5 Å². The largest absolute Gasteiger partial charge is 0.314 e. The van der Waals surface area contributed by atoms with Gasteiger partial charge in [0.05, 0.1) is 5.69 Å². The zero-order chi connectivity index (χ0) is 15.0. The summed E-state index contributed by atoms with van der Waals surface area (Å²) in [6.07, 6.45) is 2.90. The minimum Gasteiger partial charge on any atom is -0.314 e. The molecule has 0 aliphatic heterocycles. The van der Waals surface area contributed by atoms with Gasteiger partial charge in [-0.25, -0.2) is 0 Å². The molecule has 2 aromatic heterocycles. The summed E-state index contributed by atoms with van der Waals surface area (Å²) in [6, 6.07) is 14.7. The molecule has 0 unspecified atom stereocenters. The molecule has 0 aliphatic rings. The Kier molecular flexibility index (Phi) is 3.38. The SMILES string of the molecule is Cc1ccn2c(C=O)c(-c3ccc(C(C)C)cc3)cc2c1. The maximum absolute atomic E-state index is 11.5. The second kappa shape index (κ2) is 5.21. The molecule has 106 valence electrons. The van der Waals surface area contributed by atoms with Gasteiger partial charge in [-0.2, -0.15) is 0 Å². The van der Waals surface area contributed by atoms with Crippen LogP contribution in [0.4, 0.5) is 0 Å². The molecule has 3 rings (SSSR count). The van der Waals surface area contributed by atoms with Gasteiger partial charge in [0.25, 0.3) is 0 Å². The summed E-state index contributed by atoms with van der Waals surface area (Å²) >= 11 is 0. The van der Waals surface area contributed by atoms with Gasteiger partial charge in [-0.15, -0.1) is 0 Å². The van der Waals surface area contributed by atoms with Gasteiger partial charge >= 0.3 is 0 Å². The van der Waals surface area contributed by atoms with Gasteiger partial charge in [0.2, 0.25) is 0 Å². The molecule has 2 heteroatoms. The van der Waals surface area contributed by atoms with Crippen LogP contribution in [0.1, 0.15) is 41.4 Å². The van der Waals surface area contributed by atoms with Crippen LogP contribution in [-0.4, -0.2) is 10.7 Å². The van der Waals surface area contributed by atoms with Crippen LogP contribution in [0.5, 0.6) is 0 Å². The highest BCUT2D eigenvalue weighted by molar-refractivity contribution is 5.89. The second-order valence-corrected chi connectivity index (χ2v) is 5.84. The smallest absolute Gasteiger partial charge is 0.167 e. The van der Waals surface area contributed by atoms with Crippen molar-refractivity contribution in [1.29, 1.82) is 0 Å². The maximum Gasteiger partial charge on any atom is 0.167 e. The van der Waals surface area contributed by atoms with E-state index in [9.17, 15) is 4.79 Å². The van der Waals surface area contributed by atoms with Crippen molar-refractivity contribution in [1.82, 2.24) is 4.40 Å². The van der Waals surface area contributed by atoms with E-state index in [4.69, 9.17) is 0 Å². The Hall–Kier alpha value is -2.35. The van der Waals surface area contributed by atoms with Crippen LogP contribution in [0, 0.1) is 6.92 Å². The fourth-order valence-corrected chi connectivity index (χ4v) is 2.71. The number of aryl methyl sites for hydroxylation is 1. The molecule has 3 aromatic rings. The standard InChI is InChI=1S/C19H19NO/c1-13(2)15-4-6-16(7-5-15)18-11-17-10-14(3)8-9-20(17)19(18)12-21/h4-13H,1-3H3. The number of fused-ring (bicyclic) bond motifs is 1. The van der Waals surface area contributed by atoms with Crippen molar-refractivity contribution in [2.24, 2.45) is 0 Å². The van der Waals surface area contributed by atoms with E-state index in [1.165, 1.54) is 11.1 Å². The third kappa shape index (κ3) is 2.38. The highest BCUT2D eigenvalue weighted by Gasteiger charge is 2.11. The highest BCUT2D eigenvalue weighted by atomic mass is 16.1. The van der Waals surface area contributed by atoms with Crippen LogP contribution in [0.2, 0.25) is 0 Å². The van der Waals surface area contributed by atoms with E-state index in [0.717, 1.165) is 22.9 Å². The summed E-state index contributed by atoms with van der Waals surface area (Å²) in [7, 11) is 0. The van der Waals surface area contributed by atoms with Gasteiger partial charge in [0.1, 0.15) is 0 Å². The quantitative estimate of drug-likeness (QED) is 0.627. The molecule has 0 bridgehead atoms. The molecule has 0 atom stereocenters. The molecular weight excluding hydrogens is 258 g/mol. The van der Waals surface area contributed by atoms with Crippen LogP contribution >= 0.6 is 0 Å². The summed E-state index contributed by atoms with van der Waals surface area (Å²) in [6.45, 7) is 6.42. The number of carbonyl (C=O) groups excluding carboxylic acids is 1. The molecule has 2 nitrogen and oxygen atoms in total. The Balaban J connectivity index is 2.17. The summed E-state index contributed by atoms with van der Waals surface area (Å²) in [4.78, 5) is 11.5. The number of carbonyl (C=O) groups is 1. The van der Waals surface area contributed by atoms with Crippen molar-refractivity contribution >= 4 is 11.8 Å². The summed E-state index contributed by atoms with van der Waals surface area (Å²) in [5.74, 6) is 0.514. The lowest BCUT2D eigenvalue weighted by Crippen LogP contribution is -1.93. The van der Waals surface area contributed by atoms with Gasteiger partial charge in [0.15, 0.2) is 6.29 Å². The second-order valence-electron chi connectivity index (χ2n) is 5.84. The minimum atomic E-state index is 0.514. The van der Waals surface area contributed by atoms with Crippen molar-refractivity contribution in [3.63, 3.8) is 0 Å². The number of nitrogens with zero attached hydrogens (tertiary/aromatic N) is 1. The summed E-state index contributed by atoms with van der Waals surface area (Å²) in [5, 5.41) is 0. The number of pyridine rings is 1. The fraction of sp³-hybridized carbons (Fsp3) is 0.211. The van der Waals surface area contributed by atoms with Crippen LogP contribution < -0.4 is 0 Å². The highest BCUT2D eigenvalue weighted by Crippen LogP contribution is 2.28. The minimum absolute atomic E-state index is 0.514. The van der Waals surface area contributed by atoms with Gasteiger partial charge < -0.3 is 4.40 Å². The summed E-state index contributed by atoms with van der Waals surface area (Å²) in [5.41, 5.74) is 6.35. The predicted octanol–water partition coefficient (Wildman–Crippen LogP) is 4.85. The van der Waals surface area contributed by atoms with E-state index in [0.29, 0.717) is 11.6 Å². The van der Waals surface area contributed by atoms with E-state index in [2.05, 4.69) is 57.2 Å². The molecule has 2 heterocycles. The van der Waals surface area contributed by atoms with Crippen molar-refractivity contribution in [2.75, 3.05) is 0 Å². The lowest BCUT2D eigenvalue weighted by Gasteiger charge is -2.06. The molecule has 0 aliphatic carbocycles. The number of aromatic nitrogens is 1.